The van der Waals surface area contributed by atoms with Gasteiger partial charge in [0.05, 0.1) is 13.2 Å². The number of rotatable bonds is 3. The molecule has 9 heteroatoms. The number of hydrogen-bond donors (Lipinski definition) is 0. The molecule has 0 aromatic heterocycles. The van der Waals surface area contributed by atoms with Crippen LogP contribution in [0.2, 0.25) is 15.1 Å². The maximum Gasteiger partial charge on any atom is 0.186 e. The van der Waals surface area contributed by atoms with Crippen LogP contribution in [0.5, 0.6) is 0 Å². The van der Waals surface area contributed by atoms with Crippen molar-refractivity contribution in [3.63, 3.8) is 0 Å². The monoisotopic (exact) mass is 548 g/mol. The first-order valence-electron chi connectivity index (χ1n) is 11.7. The van der Waals surface area contributed by atoms with Crippen molar-refractivity contribution in [2.24, 2.45) is 0 Å². The van der Waals surface area contributed by atoms with Gasteiger partial charge in [-0.25, -0.2) is 0 Å². The summed E-state index contributed by atoms with van der Waals surface area (Å²) in [4.78, 5) is 0. The van der Waals surface area contributed by atoms with E-state index in [0.29, 0.717) is 31.8 Å². The predicted molar refractivity (Wildman–Crippen MR) is 134 cm³/mol. The summed E-state index contributed by atoms with van der Waals surface area (Å²) in [6.07, 6.45) is -4.50. The van der Waals surface area contributed by atoms with Crippen LogP contribution in [0.4, 0.5) is 0 Å². The minimum absolute atomic E-state index is 0.170. The maximum atomic E-state index is 6.52. The molecule has 0 saturated carbocycles. The molecule has 3 aromatic carbocycles. The lowest BCUT2D eigenvalue weighted by atomic mass is 10.0. The molecule has 0 radical (unpaired) electrons. The van der Waals surface area contributed by atoms with Crippen LogP contribution in [0.3, 0.4) is 0 Å². The number of benzene rings is 3. The van der Waals surface area contributed by atoms with E-state index in [4.69, 9.17) is 63.2 Å². The fourth-order valence-corrected chi connectivity index (χ4v) is 5.40. The Morgan fingerprint density at radius 1 is 0.472 bits per heavy atom. The molecule has 0 N–H and O–H groups in total. The van der Waals surface area contributed by atoms with Gasteiger partial charge in [-0.3, -0.25) is 0 Å². The molecule has 3 aliphatic rings. The molecule has 0 aliphatic carbocycles. The third kappa shape index (κ3) is 4.78. The first kappa shape index (κ1) is 24.6. The van der Waals surface area contributed by atoms with Gasteiger partial charge in [0.1, 0.15) is 24.4 Å². The summed E-state index contributed by atoms with van der Waals surface area (Å²) >= 11 is 19.4. The van der Waals surface area contributed by atoms with E-state index in [1.165, 1.54) is 0 Å². The van der Waals surface area contributed by atoms with Gasteiger partial charge in [-0.15, -0.1) is 0 Å². The lowest BCUT2D eigenvalue weighted by Crippen LogP contribution is -2.45. The summed E-state index contributed by atoms with van der Waals surface area (Å²) in [5.74, 6) is 0. The second-order valence-electron chi connectivity index (χ2n) is 8.78. The molecule has 0 spiro atoms. The summed E-state index contributed by atoms with van der Waals surface area (Å²) in [6.45, 7) is 0.340. The lowest BCUT2D eigenvalue weighted by Gasteiger charge is -2.29. The Labute approximate surface area is 223 Å². The highest BCUT2D eigenvalue weighted by molar-refractivity contribution is 6.32. The van der Waals surface area contributed by atoms with E-state index in [2.05, 4.69) is 0 Å². The van der Waals surface area contributed by atoms with Crippen LogP contribution >= 0.6 is 34.8 Å². The van der Waals surface area contributed by atoms with Gasteiger partial charge in [0, 0.05) is 31.8 Å². The minimum atomic E-state index is -0.755. The standard InChI is InChI=1S/C27H23Cl3O6/c28-18-10-4-1-7-15(18)25-31-13-21-24-23(35-25)22(34-27(33-21)17-9-3-6-12-20(17)30)14-32-26(36-24)16-8-2-5-11-19(16)29/h1-12,21-27H,13-14H2/t21-,22+,23-,24-,25?,26?,27?/m1/s1. The molecule has 3 aromatic rings. The molecule has 3 aliphatic heterocycles. The molecule has 3 saturated heterocycles. The van der Waals surface area contributed by atoms with Gasteiger partial charge < -0.3 is 28.4 Å². The minimum Gasteiger partial charge on any atom is -0.346 e. The van der Waals surface area contributed by atoms with E-state index in [0.717, 1.165) is 0 Å². The van der Waals surface area contributed by atoms with Crippen LogP contribution in [0.15, 0.2) is 72.8 Å². The Morgan fingerprint density at radius 2 is 0.833 bits per heavy atom. The highest BCUT2D eigenvalue weighted by atomic mass is 35.5. The fraction of sp³-hybridized carbons (Fsp3) is 0.333. The Morgan fingerprint density at radius 3 is 1.22 bits per heavy atom. The predicted octanol–water partition coefficient (Wildman–Crippen LogP) is 6.66. The molecule has 3 unspecified atom stereocenters. The van der Waals surface area contributed by atoms with E-state index in [1.807, 2.05) is 54.6 Å². The van der Waals surface area contributed by atoms with Crippen molar-refractivity contribution in [3.8, 4) is 0 Å². The van der Waals surface area contributed by atoms with Crippen molar-refractivity contribution < 1.29 is 28.4 Å². The maximum absolute atomic E-state index is 6.52. The molecule has 6 rings (SSSR count). The molecule has 6 nitrogen and oxygen atoms in total. The lowest BCUT2D eigenvalue weighted by molar-refractivity contribution is -0.262. The second kappa shape index (κ2) is 10.6. The largest absolute Gasteiger partial charge is 0.346 e. The highest BCUT2D eigenvalue weighted by Crippen LogP contribution is 2.43. The molecule has 36 heavy (non-hydrogen) atoms. The Hall–Kier alpha value is -1.71. The third-order valence-corrected chi connectivity index (χ3v) is 7.55. The average Bonchev–Trinajstić information content (AvgIpc) is 3.23. The van der Waals surface area contributed by atoms with Crippen LogP contribution < -0.4 is 0 Å². The van der Waals surface area contributed by atoms with Crippen molar-refractivity contribution in [1.82, 2.24) is 0 Å². The zero-order valence-corrected chi connectivity index (χ0v) is 21.2. The van der Waals surface area contributed by atoms with Crippen molar-refractivity contribution in [2.45, 2.75) is 43.3 Å². The summed E-state index contributed by atoms with van der Waals surface area (Å²) in [7, 11) is 0. The molecule has 7 atom stereocenters. The van der Waals surface area contributed by atoms with Gasteiger partial charge in [0.2, 0.25) is 0 Å². The van der Waals surface area contributed by atoms with Gasteiger partial charge in [-0.1, -0.05) is 89.4 Å². The Bertz CT molecular complexity index is 1150. The molecular formula is C27H23Cl3O6. The zero-order chi connectivity index (χ0) is 24.6. The van der Waals surface area contributed by atoms with E-state index >= 15 is 0 Å². The second-order valence-corrected chi connectivity index (χ2v) is 10.00. The highest BCUT2D eigenvalue weighted by Gasteiger charge is 2.51. The topological polar surface area (TPSA) is 55.4 Å². The summed E-state index contributed by atoms with van der Waals surface area (Å²) in [6, 6.07) is 22.2. The van der Waals surface area contributed by atoms with Gasteiger partial charge in [-0.05, 0) is 18.2 Å². The van der Waals surface area contributed by atoms with Crippen LogP contribution in [0.1, 0.15) is 35.6 Å². The number of halogens is 3. The SMILES string of the molecule is Clc1ccccc1C1OC[C@H]2OC(c3ccccc3Cl)O[C@H]3COC(c4ccccc4Cl)O[C@H]2[C@@H]3O1. The molecule has 3 heterocycles. The Kier molecular flexibility index (Phi) is 7.23. The van der Waals surface area contributed by atoms with Crippen LogP contribution in [0, 0.1) is 0 Å². The first-order chi connectivity index (χ1) is 17.6. The van der Waals surface area contributed by atoms with Crippen LogP contribution in [-0.4, -0.2) is 37.6 Å². The van der Waals surface area contributed by atoms with Crippen molar-refractivity contribution in [3.05, 3.63) is 105 Å². The van der Waals surface area contributed by atoms with E-state index in [9.17, 15) is 0 Å². The van der Waals surface area contributed by atoms with E-state index in [-0.39, 0.29) is 13.2 Å². The average molecular weight is 550 g/mol. The molecule has 0 amide bonds. The Balaban J connectivity index is 1.37. The van der Waals surface area contributed by atoms with Crippen LogP contribution in [-0.2, 0) is 28.4 Å². The van der Waals surface area contributed by atoms with E-state index in [1.54, 1.807) is 18.2 Å². The van der Waals surface area contributed by atoms with Crippen molar-refractivity contribution >= 4 is 34.8 Å². The quantitative estimate of drug-likeness (QED) is 0.364. The van der Waals surface area contributed by atoms with Gasteiger partial charge in [-0.2, -0.15) is 0 Å². The number of ether oxygens (including phenoxy) is 6. The molecule has 4 bridgehead atoms. The fourth-order valence-electron chi connectivity index (χ4n) is 4.73. The van der Waals surface area contributed by atoms with Gasteiger partial charge in [0.15, 0.2) is 18.9 Å². The summed E-state index contributed by atoms with van der Waals surface area (Å²) in [5.41, 5.74) is 2.14. The van der Waals surface area contributed by atoms with E-state index < -0.39 is 43.3 Å². The third-order valence-electron chi connectivity index (χ3n) is 6.52. The zero-order valence-electron chi connectivity index (χ0n) is 19.0. The first-order valence-corrected chi connectivity index (χ1v) is 12.8. The number of hydrogen-bond acceptors (Lipinski definition) is 6. The molecule has 3 fully saturated rings. The normalized spacial score (nSPS) is 32.2. The molecular weight excluding hydrogens is 527 g/mol. The van der Waals surface area contributed by atoms with Gasteiger partial charge >= 0.3 is 0 Å². The summed E-state index contributed by atoms with van der Waals surface area (Å²) < 4.78 is 38.4. The summed E-state index contributed by atoms with van der Waals surface area (Å²) in [5, 5.41) is 1.62. The van der Waals surface area contributed by atoms with Gasteiger partial charge in [0.25, 0.3) is 0 Å². The van der Waals surface area contributed by atoms with Crippen LogP contribution in [0.25, 0.3) is 0 Å². The van der Waals surface area contributed by atoms with Crippen molar-refractivity contribution in [1.29, 1.82) is 0 Å². The smallest absolute Gasteiger partial charge is 0.186 e. The molecule has 188 valence electrons. The van der Waals surface area contributed by atoms with Crippen molar-refractivity contribution in [2.75, 3.05) is 13.2 Å².